The topological polar surface area (TPSA) is 52.6 Å². The summed E-state index contributed by atoms with van der Waals surface area (Å²) >= 11 is 0. The van der Waals surface area contributed by atoms with Gasteiger partial charge in [-0.3, -0.25) is 9.69 Å². The molecule has 0 radical (unpaired) electrons. The van der Waals surface area contributed by atoms with Gasteiger partial charge in [0.15, 0.2) is 0 Å². The number of aliphatic hydroxyl groups is 1. The monoisotopic (exact) mass is 296 g/mol. The average molecular weight is 296 g/mol. The van der Waals surface area contributed by atoms with Crippen LogP contribution in [0, 0.1) is 11.3 Å². The molecular formula is C17H32N2O2. The summed E-state index contributed by atoms with van der Waals surface area (Å²) in [7, 11) is 0. The van der Waals surface area contributed by atoms with Crippen molar-refractivity contribution in [3.8, 4) is 0 Å². The van der Waals surface area contributed by atoms with Gasteiger partial charge in [-0.05, 0) is 32.1 Å². The van der Waals surface area contributed by atoms with Gasteiger partial charge in [-0.2, -0.15) is 0 Å². The number of carbonyl (C=O) groups excluding carboxylic acids is 1. The lowest BCUT2D eigenvalue weighted by Gasteiger charge is -2.42. The lowest BCUT2D eigenvalue weighted by molar-refractivity contribution is -0.130. The van der Waals surface area contributed by atoms with Crippen LogP contribution in [0.5, 0.6) is 0 Å². The molecular weight excluding hydrogens is 264 g/mol. The molecule has 0 aromatic heterocycles. The number of hydrogen-bond donors (Lipinski definition) is 2. The third-order valence-corrected chi connectivity index (χ3v) is 5.05. The zero-order chi connectivity index (χ0) is 15.6. The van der Waals surface area contributed by atoms with Crippen molar-refractivity contribution in [1.82, 2.24) is 10.2 Å². The number of amides is 1. The van der Waals surface area contributed by atoms with Crippen molar-refractivity contribution in [2.45, 2.75) is 78.0 Å². The minimum Gasteiger partial charge on any atom is -0.393 e. The number of nitrogens with zero attached hydrogens (tertiary/aromatic N) is 1. The molecule has 4 heteroatoms. The molecule has 1 amide bonds. The Labute approximate surface area is 129 Å². The van der Waals surface area contributed by atoms with Crippen LogP contribution in [0.3, 0.4) is 0 Å². The summed E-state index contributed by atoms with van der Waals surface area (Å²) in [6.07, 6.45) is 5.77. The highest BCUT2D eigenvalue weighted by atomic mass is 16.3. The zero-order valence-corrected chi connectivity index (χ0v) is 14.1. The Balaban J connectivity index is 2.00. The van der Waals surface area contributed by atoms with Gasteiger partial charge in [-0.1, -0.05) is 33.6 Å². The van der Waals surface area contributed by atoms with E-state index in [1.165, 1.54) is 25.7 Å². The number of rotatable bonds is 3. The van der Waals surface area contributed by atoms with Gasteiger partial charge in [0, 0.05) is 30.6 Å². The SMILES string of the molecule is CC(O)C1CC(NC(=O)C(C)(C)C)CN(C2CCCC2)C1. The second kappa shape index (κ2) is 6.66. The molecule has 4 nitrogen and oxygen atoms in total. The first-order valence-corrected chi connectivity index (χ1v) is 8.50. The second-order valence-corrected chi connectivity index (χ2v) is 8.05. The number of aliphatic hydroxyl groups excluding tert-OH is 1. The van der Waals surface area contributed by atoms with Crippen LogP contribution < -0.4 is 5.32 Å². The first-order chi connectivity index (χ1) is 9.77. The molecule has 2 N–H and O–H groups in total. The van der Waals surface area contributed by atoms with Gasteiger partial charge in [0.25, 0.3) is 0 Å². The smallest absolute Gasteiger partial charge is 0.225 e. The predicted molar refractivity (Wildman–Crippen MR) is 85.0 cm³/mol. The minimum atomic E-state index is -0.351. The van der Waals surface area contributed by atoms with E-state index in [-0.39, 0.29) is 29.4 Å². The van der Waals surface area contributed by atoms with E-state index in [0.29, 0.717) is 6.04 Å². The van der Waals surface area contributed by atoms with E-state index in [9.17, 15) is 9.90 Å². The van der Waals surface area contributed by atoms with Crippen LogP contribution in [0.2, 0.25) is 0 Å². The molecule has 1 aliphatic heterocycles. The number of likely N-dealkylation sites (tertiary alicyclic amines) is 1. The molecule has 2 aliphatic rings. The fourth-order valence-electron chi connectivity index (χ4n) is 3.60. The van der Waals surface area contributed by atoms with Crippen LogP contribution in [0.1, 0.15) is 59.8 Å². The van der Waals surface area contributed by atoms with Crippen LogP contribution in [0.15, 0.2) is 0 Å². The molecule has 2 fully saturated rings. The Kier molecular flexibility index (Phi) is 5.31. The van der Waals surface area contributed by atoms with Gasteiger partial charge in [-0.15, -0.1) is 0 Å². The van der Waals surface area contributed by atoms with Crippen LogP contribution in [0.4, 0.5) is 0 Å². The fourth-order valence-corrected chi connectivity index (χ4v) is 3.60. The predicted octanol–water partition coefficient (Wildman–Crippen LogP) is 2.16. The molecule has 2 rings (SSSR count). The fraction of sp³-hybridized carbons (Fsp3) is 0.941. The maximum atomic E-state index is 12.2. The van der Waals surface area contributed by atoms with Gasteiger partial charge in [-0.25, -0.2) is 0 Å². The van der Waals surface area contributed by atoms with Gasteiger partial charge >= 0.3 is 0 Å². The molecule has 1 heterocycles. The normalized spacial score (nSPS) is 30.3. The van der Waals surface area contributed by atoms with E-state index in [1.807, 2.05) is 27.7 Å². The Morgan fingerprint density at radius 3 is 2.38 bits per heavy atom. The van der Waals surface area contributed by atoms with Gasteiger partial charge in [0.05, 0.1) is 6.10 Å². The van der Waals surface area contributed by atoms with Crippen molar-refractivity contribution < 1.29 is 9.90 Å². The molecule has 0 aromatic carbocycles. The van der Waals surface area contributed by atoms with Crippen molar-refractivity contribution >= 4 is 5.91 Å². The maximum Gasteiger partial charge on any atom is 0.225 e. The Bertz CT molecular complexity index is 356. The van der Waals surface area contributed by atoms with Crippen molar-refractivity contribution in [1.29, 1.82) is 0 Å². The van der Waals surface area contributed by atoms with E-state index < -0.39 is 0 Å². The summed E-state index contributed by atoms with van der Waals surface area (Å²) in [6, 6.07) is 0.825. The largest absolute Gasteiger partial charge is 0.393 e. The number of nitrogens with one attached hydrogen (secondary N) is 1. The molecule has 3 atom stereocenters. The van der Waals surface area contributed by atoms with E-state index >= 15 is 0 Å². The van der Waals surface area contributed by atoms with E-state index in [1.54, 1.807) is 0 Å². The van der Waals surface area contributed by atoms with E-state index in [2.05, 4.69) is 10.2 Å². The Hall–Kier alpha value is -0.610. The Morgan fingerprint density at radius 2 is 1.86 bits per heavy atom. The van der Waals surface area contributed by atoms with Crippen molar-refractivity contribution in [3.63, 3.8) is 0 Å². The first kappa shape index (κ1) is 16.8. The van der Waals surface area contributed by atoms with Crippen molar-refractivity contribution in [2.24, 2.45) is 11.3 Å². The number of hydrogen-bond acceptors (Lipinski definition) is 3. The summed E-state index contributed by atoms with van der Waals surface area (Å²) in [5, 5.41) is 13.2. The zero-order valence-electron chi connectivity index (χ0n) is 14.1. The van der Waals surface area contributed by atoms with Gasteiger partial charge < -0.3 is 10.4 Å². The molecule has 0 spiro atoms. The molecule has 1 saturated carbocycles. The summed E-state index contributed by atoms with van der Waals surface area (Å²) in [4.78, 5) is 14.8. The molecule has 1 aliphatic carbocycles. The minimum absolute atomic E-state index is 0.116. The quantitative estimate of drug-likeness (QED) is 0.839. The third-order valence-electron chi connectivity index (χ3n) is 5.05. The molecule has 1 saturated heterocycles. The Morgan fingerprint density at radius 1 is 1.24 bits per heavy atom. The third kappa shape index (κ3) is 4.43. The van der Waals surface area contributed by atoms with E-state index in [4.69, 9.17) is 0 Å². The lowest BCUT2D eigenvalue weighted by Crippen LogP contribution is -2.56. The van der Waals surface area contributed by atoms with Crippen LogP contribution in [0.25, 0.3) is 0 Å². The number of carbonyl (C=O) groups is 1. The van der Waals surface area contributed by atoms with E-state index in [0.717, 1.165) is 19.5 Å². The number of piperidine rings is 1. The summed E-state index contributed by atoms with van der Waals surface area (Å²) in [5.74, 6) is 0.384. The average Bonchev–Trinajstić information content (AvgIpc) is 2.91. The second-order valence-electron chi connectivity index (χ2n) is 8.05. The molecule has 3 unspecified atom stereocenters. The maximum absolute atomic E-state index is 12.2. The molecule has 0 aromatic rings. The molecule has 122 valence electrons. The summed E-state index contributed by atoms with van der Waals surface area (Å²) < 4.78 is 0. The summed E-state index contributed by atoms with van der Waals surface area (Å²) in [6.45, 7) is 9.65. The highest BCUT2D eigenvalue weighted by Crippen LogP contribution is 2.29. The standard InChI is InChI=1S/C17H32N2O2/c1-12(20)13-9-14(18-16(21)17(2,3)4)11-19(10-13)15-7-5-6-8-15/h12-15,20H,5-11H2,1-4H3,(H,18,21). The molecule has 21 heavy (non-hydrogen) atoms. The highest BCUT2D eigenvalue weighted by molar-refractivity contribution is 5.81. The van der Waals surface area contributed by atoms with Crippen LogP contribution in [-0.2, 0) is 4.79 Å². The summed E-state index contributed by atoms with van der Waals surface area (Å²) in [5.41, 5.74) is -0.351. The highest BCUT2D eigenvalue weighted by Gasteiger charge is 2.36. The van der Waals surface area contributed by atoms with Crippen molar-refractivity contribution in [2.75, 3.05) is 13.1 Å². The van der Waals surface area contributed by atoms with Crippen LogP contribution >= 0.6 is 0 Å². The van der Waals surface area contributed by atoms with Crippen LogP contribution in [-0.4, -0.2) is 47.2 Å². The van der Waals surface area contributed by atoms with Crippen molar-refractivity contribution in [3.05, 3.63) is 0 Å². The lowest BCUT2D eigenvalue weighted by atomic mass is 9.88. The first-order valence-electron chi connectivity index (χ1n) is 8.50. The molecule has 0 bridgehead atoms. The van der Waals surface area contributed by atoms with Gasteiger partial charge in [0.2, 0.25) is 5.91 Å². The van der Waals surface area contributed by atoms with Gasteiger partial charge in [0.1, 0.15) is 0 Å².